The number of carboxylic acid groups (broad SMARTS) is 1. The van der Waals surface area contributed by atoms with Crippen LogP contribution in [0.2, 0.25) is 0 Å². The molecule has 0 saturated heterocycles. The van der Waals surface area contributed by atoms with E-state index in [4.69, 9.17) is 5.11 Å². The second kappa shape index (κ2) is 7.98. The van der Waals surface area contributed by atoms with Gasteiger partial charge in [-0.05, 0) is 25.0 Å². The summed E-state index contributed by atoms with van der Waals surface area (Å²) in [5, 5.41) is 17.7. The van der Waals surface area contributed by atoms with Crippen molar-refractivity contribution in [1.29, 1.82) is 0 Å². The zero-order chi connectivity index (χ0) is 15.0. The maximum absolute atomic E-state index is 12.2. The molecule has 1 aromatic rings. The molecular weight excluding hydrogens is 282 g/mol. The molecule has 6 nitrogen and oxygen atoms in total. The molecule has 0 heterocycles. The van der Waals surface area contributed by atoms with Gasteiger partial charge in [-0.15, -0.1) is 0 Å². The van der Waals surface area contributed by atoms with Crippen LogP contribution in [0.5, 0.6) is 0 Å². The number of aliphatic hydroxyl groups excluding tert-OH is 1. The Morgan fingerprint density at radius 3 is 2.30 bits per heavy atom. The summed E-state index contributed by atoms with van der Waals surface area (Å²) in [5.41, 5.74) is 0. The van der Waals surface area contributed by atoms with Gasteiger partial charge in [0.2, 0.25) is 10.0 Å². The molecule has 0 bridgehead atoms. The van der Waals surface area contributed by atoms with E-state index in [1.807, 2.05) is 0 Å². The fraction of sp³-hybridized carbons (Fsp3) is 0.462. The summed E-state index contributed by atoms with van der Waals surface area (Å²) in [6.45, 7) is -0.413. The van der Waals surface area contributed by atoms with E-state index in [1.54, 1.807) is 18.2 Å². The second-order valence-corrected chi connectivity index (χ2v) is 6.28. The highest BCUT2D eigenvalue weighted by Gasteiger charge is 2.22. The number of hydrogen-bond acceptors (Lipinski definition) is 4. The number of carboxylic acids is 1. The summed E-state index contributed by atoms with van der Waals surface area (Å²) >= 11 is 0. The van der Waals surface area contributed by atoms with E-state index in [1.165, 1.54) is 12.1 Å². The van der Waals surface area contributed by atoms with E-state index in [-0.39, 0.29) is 17.9 Å². The van der Waals surface area contributed by atoms with Crippen LogP contribution in [0.1, 0.15) is 25.7 Å². The van der Waals surface area contributed by atoms with Crippen LogP contribution in [0.25, 0.3) is 0 Å². The van der Waals surface area contributed by atoms with E-state index in [9.17, 15) is 18.3 Å². The molecule has 20 heavy (non-hydrogen) atoms. The number of unbranched alkanes of at least 4 members (excludes halogenated alkanes) is 2. The summed E-state index contributed by atoms with van der Waals surface area (Å²) in [5.74, 6) is -0.860. The summed E-state index contributed by atoms with van der Waals surface area (Å²) in [6, 6.07) is 7.91. The molecule has 1 aromatic carbocycles. The number of nitrogens with zero attached hydrogens (tertiary/aromatic N) is 1. The number of benzene rings is 1. The Morgan fingerprint density at radius 1 is 1.10 bits per heavy atom. The molecule has 0 radical (unpaired) electrons. The van der Waals surface area contributed by atoms with Gasteiger partial charge in [-0.3, -0.25) is 4.79 Å². The normalized spacial score (nSPS) is 11.7. The highest BCUT2D eigenvalue weighted by atomic mass is 32.2. The minimum atomic E-state index is -3.69. The quantitative estimate of drug-likeness (QED) is 0.529. The topological polar surface area (TPSA) is 94.9 Å². The predicted molar refractivity (Wildman–Crippen MR) is 73.5 cm³/mol. The highest BCUT2D eigenvalue weighted by Crippen LogP contribution is 2.15. The average molecular weight is 301 g/mol. The van der Waals surface area contributed by atoms with Gasteiger partial charge in [0.15, 0.2) is 0 Å². The number of sulfonamides is 1. The molecule has 0 saturated carbocycles. The van der Waals surface area contributed by atoms with Crippen molar-refractivity contribution >= 4 is 16.0 Å². The van der Waals surface area contributed by atoms with Crippen molar-refractivity contribution in [3.05, 3.63) is 30.3 Å². The lowest BCUT2D eigenvalue weighted by molar-refractivity contribution is -0.137. The summed E-state index contributed by atoms with van der Waals surface area (Å²) in [7, 11) is -3.69. The third-order valence-electron chi connectivity index (χ3n) is 2.84. The van der Waals surface area contributed by atoms with E-state index < -0.39 is 22.7 Å². The van der Waals surface area contributed by atoms with Gasteiger partial charge in [0, 0.05) is 13.0 Å². The molecule has 0 aliphatic rings. The lowest BCUT2D eigenvalue weighted by Crippen LogP contribution is -2.32. The van der Waals surface area contributed by atoms with Gasteiger partial charge >= 0.3 is 5.97 Å². The molecule has 0 unspecified atom stereocenters. The molecule has 0 fully saturated rings. The molecule has 0 atom stereocenters. The van der Waals surface area contributed by atoms with Crippen molar-refractivity contribution in [2.45, 2.75) is 30.6 Å². The SMILES string of the molecule is O=C(O)CCCCCN(CO)S(=O)(=O)c1ccccc1. The Morgan fingerprint density at radius 2 is 1.75 bits per heavy atom. The van der Waals surface area contributed by atoms with Crippen LogP contribution >= 0.6 is 0 Å². The fourth-order valence-corrected chi connectivity index (χ4v) is 3.07. The molecule has 2 N–H and O–H groups in total. The van der Waals surface area contributed by atoms with Crippen LogP contribution in [0, 0.1) is 0 Å². The summed E-state index contributed by atoms with van der Waals surface area (Å²) in [6.07, 6.45) is 1.69. The minimum absolute atomic E-state index is 0.0740. The van der Waals surface area contributed by atoms with E-state index in [2.05, 4.69) is 0 Å². The average Bonchev–Trinajstić information content (AvgIpc) is 2.43. The first-order valence-corrected chi connectivity index (χ1v) is 7.80. The predicted octanol–water partition coefficient (Wildman–Crippen LogP) is 1.27. The first-order chi connectivity index (χ1) is 9.48. The second-order valence-electron chi connectivity index (χ2n) is 4.34. The molecule has 1 rings (SSSR count). The molecule has 0 aromatic heterocycles. The number of carbonyl (C=O) groups is 1. The monoisotopic (exact) mass is 301 g/mol. The van der Waals surface area contributed by atoms with Crippen LogP contribution in [-0.4, -0.2) is 42.2 Å². The fourth-order valence-electron chi connectivity index (χ4n) is 1.75. The van der Waals surface area contributed by atoms with Crippen molar-refractivity contribution < 1.29 is 23.4 Å². The Labute approximate surface area is 118 Å². The van der Waals surface area contributed by atoms with Crippen LogP contribution in [0.4, 0.5) is 0 Å². The third-order valence-corrected chi connectivity index (χ3v) is 4.68. The first-order valence-electron chi connectivity index (χ1n) is 6.36. The van der Waals surface area contributed by atoms with E-state index in [0.717, 1.165) is 4.31 Å². The Balaban J connectivity index is 2.55. The highest BCUT2D eigenvalue weighted by molar-refractivity contribution is 7.89. The Bertz CT molecular complexity index is 515. The van der Waals surface area contributed by atoms with Crippen LogP contribution in [-0.2, 0) is 14.8 Å². The van der Waals surface area contributed by atoms with Crippen LogP contribution in [0.3, 0.4) is 0 Å². The van der Waals surface area contributed by atoms with E-state index in [0.29, 0.717) is 19.3 Å². The molecular formula is C13H19NO5S. The van der Waals surface area contributed by atoms with Gasteiger partial charge in [0.1, 0.15) is 6.73 Å². The largest absolute Gasteiger partial charge is 0.481 e. The van der Waals surface area contributed by atoms with Crippen molar-refractivity contribution in [2.75, 3.05) is 13.3 Å². The van der Waals surface area contributed by atoms with Gasteiger partial charge in [-0.25, -0.2) is 8.42 Å². The van der Waals surface area contributed by atoms with Crippen LogP contribution in [0.15, 0.2) is 35.2 Å². The van der Waals surface area contributed by atoms with Crippen molar-refractivity contribution in [3.8, 4) is 0 Å². The van der Waals surface area contributed by atoms with Crippen molar-refractivity contribution in [2.24, 2.45) is 0 Å². The van der Waals surface area contributed by atoms with Gasteiger partial charge in [0.25, 0.3) is 0 Å². The molecule has 0 amide bonds. The van der Waals surface area contributed by atoms with Gasteiger partial charge in [-0.1, -0.05) is 24.6 Å². The van der Waals surface area contributed by atoms with Crippen molar-refractivity contribution in [1.82, 2.24) is 4.31 Å². The zero-order valence-corrected chi connectivity index (χ0v) is 11.9. The standard InChI is InChI=1S/C13H19NO5S/c15-11-14(10-6-2-5-9-13(16)17)20(18,19)12-7-3-1-4-8-12/h1,3-4,7-8,15H,2,5-6,9-11H2,(H,16,17). The number of aliphatic hydroxyl groups is 1. The van der Waals surface area contributed by atoms with Gasteiger partial charge in [0.05, 0.1) is 4.90 Å². The summed E-state index contributed by atoms with van der Waals surface area (Å²) in [4.78, 5) is 10.5. The number of aliphatic carboxylic acids is 1. The lowest BCUT2D eigenvalue weighted by atomic mass is 10.2. The maximum atomic E-state index is 12.2. The minimum Gasteiger partial charge on any atom is -0.481 e. The molecule has 112 valence electrons. The maximum Gasteiger partial charge on any atom is 0.303 e. The Kier molecular flexibility index (Phi) is 6.63. The molecule has 0 spiro atoms. The lowest BCUT2D eigenvalue weighted by Gasteiger charge is -2.19. The molecule has 0 aliphatic heterocycles. The van der Waals surface area contributed by atoms with Gasteiger partial charge < -0.3 is 10.2 Å². The van der Waals surface area contributed by atoms with Gasteiger partial charge in [-0.2, -0.15) is 4.31 Å². The molecule has 0 aliphatic carbocycles. The smallest absolute Gasteiger partial charge is 0.303 e. The first kappa shape index (κ1) is 16.6. The van der Waals surface area contributed by atoms with Crippen LogP contribution < -0.4 is 0 Å². The zero-order valence-electron chi connectivity index (χ0n) is 11.1. The molecule has 7 heteroatoms. The Hall–Kier alpha value is -1.44. The van der Waals surface area contributed by atoms with E-state index >= 15 is 0 Å². The summed E-state index contributed by atoms with van der Waals surface area (Å²) < 4.78 is 25.4. The third kappa shape index (κ3) is 4.92. The van der Waals surface area contributed by atoms with Crippen molar-refractivity contribution in [3.63, 3.8) is 0 Å². The number of rotatable bonds is 9. The number of hydrogen-bond donors (Lipinski definition) is 2.